The molecule has 0 fully saturated rings. The van der Waals surface area contributed by atoms with Gasteiger partial charge in [-0.3, -0.25) is 0 Å². The molecule has 0 radical (unpaired) electrons. The van der Waals surface area contributed by atoms with Gasteiger partial charge >= 0.3 is 11.9 Å². The van der Waals surface area contributed by atoms with Gasteiger partial charge in [0.05, 0.1) is 0 Å². The van der Waals surface area contributed by atoms with E-state index in [0.717, 1.165) is 12.1 Å². The Kier molecular flexibility index (Phi) is 4.13. The normalized spacial score (nSPS) is 10.8. The van der Waals surface area contributed by atoms with Crippen molar-refractivity contribution in [3.8, 4) is 17.2 Å². The molecular weight excluding hydrogens is 340 g/mol. The van der Waals surface area contributed by atoms with Gasteiger partial charge in [0.15, 0.2) is 0 Å². The second-order valence-corrected chi connectivity index (χ2v) is 5.72. The van der Waals surface area contributed by atoms with Crippen LogP contribution in [-0.2, 0) is 6.42 Å². The maximum Gasteiger partial charge on any atom is 0.339 e. The zero-order valence-electron chi connectivity index (χ0n) is 13.3. The van der Waals surface area contributed by atoms with Crippen LogP contribution in [0.1, 0.15) is 31.8 Å². The zero-order valence-corrected chi connectivity index (χ0v) is 13.3. The molecule has 0 amide bonds. The van der Waals surface area contributed by atoms with Gasteiger partial charge in [-0.1, -0.05) is 24.3 Å². The van der Waals surface area contributed by atoms with Gasteiger partial charge in [0.25, 0.3) is 0 Å². The monoisotopic (exact) mass is 354 g/mol. The minimum atomic E-state index is -1.38. The lowest BCUT2D eigenvalue weighted by Crippen LogP contribution is -2.03. The van der Waals surface area contributed by atoms with Crippen molar-refractivity contribution in [2.75, 3.05) is 0 Å². The summed E-state index contributed by atoms with van der Waals surface area (Å²) in [6, 6.07) is 10.2. The van der Waals surface area contributed by atoms with Crippen LogP contribution >= 0.6 is 0 Å². The average Bonchev–Trinajstić information content (AvgIpc) is 2.59. The van der Waals surface area contributed by atoms with Crippen molar-refractivity contribution in [1.82, 2.24) is 0 Å². The Morgan fingerprint density at radius 3 is 2.04 bits per heavy atom. The van der Waals surface area contributed by atoms with Gasteiger partial charge in [-0.2, -0.15) is 0 Å². The Balaban J connectivity index is 2.28. The van der Waals surface area contributed by atoms with E-state index in [1.807, 2.05) is 0 Å². The Bertz CT molecular complexity index is 1050. The highest BCUT2D eigenvalue weighted by Gasteiger charge is 2.22. The van der Waals surface area contributed by atoms with E-state index in [2.05, 4.69) is 0 Å². The first-order chi connectivity index (χ1) is 12.3. The molecule has 3 rings (SSSR count). The van der Waals surface area contributed by atoms with Gasteiger partial charge in [0.1, 0.15) is 28.4 Å². The van der Waals surface area contributed by atoms with Crippen molar-refractivity contribution < 1.29 is 35.1 Å². The zero-order chi connectivity index (χ0) is 19.0. The molecule has 0 atom stereocenters. The smallest absolute Gasteiger partial charge is 0.339 e. The second kappa shape index (κ2) is 6.29. The van der Waals surface area contributed by atoms with Gasteiger partial charge in [-0.05, 0) is 29.0 Å². The quantitative estimate of drug-likeness (QED) is 0.486. The van der Waals surface area contributed by atoms with Crippen LogP contribution in [0.3, 0.4) is 0 Å². The van der Waals surface area contributed by atoms with Crippen LogP contribution in [0.5, 0.6) is 17.2 Å². The fourth-order valence-corrected chi connectivity index (χ4v) is 2.90. The lowest BCUT2D eigenvalue weighted by atomic mass is 9.93. The second-order valence-electron chi connectivity index (χ2n) is 5.72. The van der Waals surface area contributed by atoms with Crippen LogP contribution in [0.25, 0.3) is 10.8 Å². The third-order valence-corrected chi connectivity index (χ3v) is 4.20. The molecule has 0 spiro atoms. The highest BCUT2D eigenvalue weighted by Crippen LogP contribution is 2.38. The number of phenols is 3. The van der Waals surface area contributed by atoms with E-state index in [-0.39, 0.29) is 28.9 Å². The van der Waals surface area contributed by atoms with Crippen molar-refractivity contribution >= 4 is 22.7 Å². The fourth-order valence-electron chi connectivity index (χ4n) is 2.90. The maximum atomic E-state index is 11.4. The van der Waals surface area contributed by atoms with Crippen molar-refractivity contribution in [3.63, 3.8) is 0 Å². The van der Waals surface area contributed by atoms with E-state index in [4.69, 9.17) is 5.11 Å². The van der Waals surface area contributed by atoms with Crippen molar-refractivity contribution in [3.05, 3.63) is 64.7 Å². The molecular formula is C19H14O7. The summed E-state index contributed by atoms with van der Waals surface area (Å²) in [6.07, 6.45) is -0.258. The van der Waals surface area contributed by atoms with Gasteiger partial charge in [0, 0.05) is 17.5 Å². The molecule has 0 aliphatic rings. The summed E-state index contributed by atoms with van der Waals surface area (Å²) in [7, 11) is 0. The molecule has 3 aromatic rings. The van der Waals surface area contributed by atoms with Gasteiger partial charge in [0.2, 0.25) is 0 Å². The Morgan fingerprint density at radius 2 is 1.38 bits per heavy atom. The molecule has 0 heterocycles. The predicted octanol–water partition coefficient (Wildman–Crippen LogP) is 2.94. The minimum absolute atomic E-state index is 0.118. The SMILES string of the molecule is O=C(O)c1ccc(O)c(Cc2c(O)c(C(=O)O)cc3ccccc23)c1O. The summed E-state index contributed by atoms with van der Waals surface area (Å²) >= 11 is 0. The molecule has 26 heavy (non-hydrogen) atoms. The third kappa shape index (κ3) is 2.75. The topological polar surface area (TPSA) is 135 Å². The number of carbonyl (C=O) groups is 2. The molecule has 7 nitrogen and oxygen atoms in total. The number of hydrogen-bond acceptors (Lipinski definition) is 5. The molecule has 0 aromatic heterocycles. The molecule has 0 aliphatic heterocycles. The first kappa shape index (κ1) is 17.1. The molecule has 0 saturated carbocycles. The Labute approximate surface area is 147 Å². The first-order valence-corrected chi connectivity index (χ1v) is 7.55. The molecule has 0 bridgehead atoms. The number of hydrogen-bond donors (Lipinski definition) is 5. The molecule has 5 N–H and O–H groups in total. The van der Waals surface area contributed by atoms with Crippen molar-refractivity contribution in [2.45, 2.75) is 6.42 Å². The summed E-state index contributed by atoms with van der Waals surface area (Å²) in [5, 5.41) is 50.2. The van der Waals surface area contributed by atoms with E-state index in [1.165, 1.54) is 6.07 Å². The van der Waals surface area contributed by atoms with Crippen LogP contribution in [0.4, 0.5) is 0 Å². The predicted molar refractivity (Wildman–Crippen MR) is 92.1 cm³/mol. The summed E-state index contributed by atoms with van der Waals surface area (Å²) in [5.74, 6) is -4.21. The van der Waals surface area contributed by atoms with Crippen molar-refractivity contribution in [2.24, 2.45) is 0 Å². The number of rotatable bonds is 4. The highest BCUT2D eigenvalue weighted by molar-refractivity contribution is 6.00. The molecule has 0 unspecified atom stereocenters. The summed E-state index contributed by atoms with van der Waals surface area (Å²) in [4.78, 5) is 22.6. The summed E-state index contributed by atoms with van der Waals surface area (Å²) in [6.45, 7) is 0. The number of carboxylic acid groups (broad SMARTS) is 2. The van der Waals surface area contributed by atoms with Gasteiger partial charge in [-0.15, -0.1) is 0 Å². The lowest BCUT2D eigenvalue weighted by molar-refractivity contribution is 0.0682. The van der Waals surface area contributed by atoms with Crippen LogP contribution in [0, 0.1) is 0 Å². The van der Waals surface area contributed by atoms with Gasteiger partial charge < -0.3 is 25.5 Å². The third-order valence-electron chi connectivity index (χ3n) is 4.20. The van der Waals surface area contributed by atoms with E-state index in [0.29, 0.717) is 10.8 Å². The van der Waals surface area contributed by atoms with Crippen LogP contribution < -0.4 is 0 Å². The number of fused-ring (bicyclic) bond motifs is 1. The Morgan fingerprint density at radius 1 is 0.769 bits per heavy atom. The number of benzene rings is 3. The molecule has 132 valence electrons. The standard InChI is InChI=1S/C19H14O7/c20-15-6-5-11(18(23)24)16(21)13(15)8-12-10-4-2-1-3-9(10)7-14(17(12)22)19(25)26/h1-7,20-22H,8H2,(H,23,24)(H,25,26). The molecule has 3 aromatic carbocycles. The first-order valence-electron chi connectivity index (χ1n) is 7.55. The van der Waals surface area contributed by atoms with Crippen LogP contribution in [0.2, 0.25) is 0 Å². The van der Waals surface area contributed by atoms with Gasteiger partial charge in [-0.25, -0.2) is 9.59 Å². The van der Waals surface area contributed by atoms with Crippen molar-refractivity contribution in [1.29, 1.82) is 0 Å². The number of aromatic hydroxyl groups is 3. The molecule has 7 heteroatoms. The largest absolute Gasteiger partial charge is 0.508 e. The fraction of sp³-hybridized carbons (Fsp3) is 0.0526. The number of carboxylic acids is 2. The van der Waals surface area contributed by atoms with Crippen LogP contribution in [0.15, 0.2) is 42.5 Å². The van der Waals surface area contributed by atoms with E-state index < -0.39 is 29.0 Å². The van der Waals surface area contributed by atoms with E-state index in [1.54, 1.807) is 24.3 Å². The minimum Gasteiger partial charge on any atom is -0.508 e. The van der Waals surface area contributed by atoms with E-state index >= 15 is 0 Å². The Hall–Kier alpha value is -3.74. The van der Waals surface area contributed by atoms with E-state index in [9.17, 15) is 30.0 Å². The lowest BCUT2D eigenvalue weighted by Gasteiger charge is -2.14. The molecule has 0 saturated heterocycles. The average molecular weight is 354 g/mol. The highest BCUT2D eigenvalue weighted by atomic mass is 16.4. The number of phenolic OH excluding ortho intramolecular Hbond substituents is 1. The summed E-state index contributed by atoms with van der Waals surface area (Å²) in [5.41, 5.74) is -0.690. The van der Waals surface area contributed by atoms with Crippen LogP contribution in [-0.4, -0.2) is 37.5 Å². The summed E-state index contributed by atoms with van der Waals surface area (Å²) < 4.78 is 0. The maximum absolute atomic E-state index is 11.4. The molecule has 0 aliphatic carbocycles. The number of aromatic carboxylic acids is 2.